The predicted octanol–water partition coefficient (Wildman–Crippen LogP) is 3.62. The molecule has 0 aliphatic heterocycles. The SMILES string of the molecule is CC(C)N(CC(F)(F)F)c1cccc(Cl)c1CCN. The van der Waals surface area contributed by atoms with E-state index in [9.17, 15) is 13.2 Å². The van der Waals surface area contributed by atoms with Crippen molar-refractivity contribution < 1.29 is 13.2 Å². The molecule has 19 heavy (non-hydrogen) atoms. The van der Waals surface area contributed by atoms with E-state index < -0.39 is 12.7 Å². The van der Waals surface area contributed by atoms with Gasteiger partial charge in [-0.15, -0.1) is 0 Å². The molecule has 0 spiro atoms. The summed E-state index contributed by atoms with van der Waals surface area (Å²) in [5.74, 6) is 0. The van der Waals surface area contributed by atoms with Gasteiger partial charge >= 0.3 is 6.18 Å². The van der Waals surface area contributed by atoms with Crippen LogP contribution in [-0.2, 0) is 6.42 Å². The quantitative estimate of drug-likeness (QED) is 0.899. The first-order valence-corrected chi connectivity index (χ1v) is 6.45. The highest BCUT2D eigenvalue weighted by Gasteiger charge is 2.32. The van der Waals surface area contributed by atoms with E-state index in [1.807, 2.05) is 0 Å². The fraction of sp³-hybridized carbons (Fsp3) is 0.538. The van der Waals surface area contributed by atoms with E-state index in [-0.39, 0.29) is 6.04 Å². The van der Waals surface area contributed by atoms with Gasteiger partial charge in [-0.05, 0) is 44.5 Å². The van der Waals surface area contributed by atoms with Gasteiger partial charge in [0.15, 0.2) is 0 Å². The summed E-state index contributed by atoms with van der Waals surface area (Å²) in [5, 5.41) is 0.454. The topological polar surface area (TPSA) is 29.3 Å². The minimum Gasteiger partial charge on any atom is -0.360 e. The molecule has 0 aliphatic rings. The molecule has 1 aromatic carbocycles. The minimum atomic E-state index is -4.26. The van der Waals surface area contributed by atoms with Crippen molar-refractivity contribution in [1.82, 2.24) is 0 Å². The Kier molecular flexibility index (Phi) is 5.50. The summed E-state index contributed by atoms with van der Waals surface area (Å²) in [6.07, 6.45) is -3.80. The molecule has 0 saturated heterocycles. The zero-order chi connectivity index (χ0) is 14.6. The van der Waals surface area contributed by atoms with Crippen molar-refractivity contribution in [3.63, 3.8) is 0 Å². The molecule has 0 unspecified atom stereocenters. The Hall–Kier alpha value is -0.940. The highest BCUT2D eigenvalue weighted by molar-refractivity contribution is 6.31. The summed E-state index contributed by atoms with van der Waals surface area (Å²) < 4.78 is 38.0. The van der Waals surface area contributed by atoms with Crippen molar-refractivity contribution in [3.05, 3.63) is 28.8 Å². The Labute approximate surface area is 116 Å². The lowest BCUT2D eigenvalue weighted by atomic mass is 10.1. The van der Waals surface area contributed by atoms with E-state index in [0.717, 1.165) is 0 Å². The maximum absolute atomic E-state index is 12.7. The molecule has 1 aromatic rings. The van der Waals surface area contributed by atoms with Gasteiger partial charge in [-0.1, -0.05) is 17.7 Å². The molecule has 6 heteroatoms. The summed E-state index contributed by atoms with van der Waals surface area (Å²) in [5.41, 5.74) is 6.68. The van der Waals surface area contributed by atoms with Crippen molar-refractivity contribution in [2.45, 2.75) is 32.5 Å². The lowest BCUT2D eigenvalue weighted by molar-refractivity contribution is -0.120. The molecule has 0 saturated carbocycles. The number of benzene rings is 1. The molecule has 0 aromatic heterocycles. The monoisotopic (exact) mass is 294 g/mol. The van der Waals surface area contributed by atoms with Gasteiger partial charge in [-0.25, -0.2) is 0 Å². The summed E-state index contributed by atoms with van der Waals surface area (Å²) in [6, 6.07) is 4.70. The minimum absolute atomic E-state index is 0.281. The maximum Gasteiger partial charge on any atom is 0.405 e. The van der Waals surface area contributed by atoms with Gasteiger partial charge in [0.05, 0.1) is 0 Å². The number of rotatable bonds is 5. The number of halogens is 4. The number of hydrogen-bond acceptors (Lipinski definition) is 2. The van der Waals surface area contributed by atoms with Crippen LogP contribution in [0, 0.1) is 0 Å². The van der Waals surface area contributed by atoms with Crippen LogP contribution in [0.1, 0.15) is 19.4 Å². The van der Waals surface area contributed by atoms with Crippen LogP contribution >= 0.6 is 11.6 Å². The highest BCUT2D eigenvalue weighted by atomic mass is 35.5. The van der Waals surface area contributed by atoms with Crippen LogP contribution in [0.2, 0.25) is 5.02 Å². The van der Waals surface area contributed by atoms with E-state index >= 15 is 0 Å². The number of nitrogens with zero attached hydrogens (tertiary/aromatic N) is 1. The standard InChI is InChI=1S/C13H18ClF3N2/c1-9(2)19(8-13(15,16)17)12-5-3-4-11(14)10(12)6-7-18/h3-5,9H,6-8,18H2,1-2H3. The van der Waals surface area contributed by atoms with Crippen LogP contribution in [0.4, 0.5) is 18.9 Å². The summed E-state index contributed by atoms with van der Waals surface area (Å²) in [6.45, 7) is 2.79. The van der Waals surface area contributed by atoms with Crippen LogP contribution < -0.4 is 10.6 Å². The van der Waals surface area contributed by atoms with Gasteiger partial charge in [-0.2, -0.15) is 13.2 Å². The first kappa shape index (κ1) is 16.1. The average molecular weight is 295 g/mol. The smallest absolute Gasteiger partial charge is 0.360 e. The molecule has 2 N–H and O–H groups in total. The van der Waals surface area contributed by atoms with Crippen LogP contribution in [-0.4, -0.2) is 25.3 Å². The first-order chi connectivity index (χ1) is 8.76. The molecule has 0 fully saturated rings. The van der Waals surface area contributed by atoms with Crippen molar-refractivity contribution in [2.24, 2.45) is 5.73 Å². The van der Waals surface area contributed by atoms with Gasteiger partial charge in [0.2, 0.25) is 0 Å². The molecule has 2 nitrogen and oxygen atoms in total. The van der Waals surface area contributed by atoms with Crippen LogP contribution in [0.5, 0.6) is 0 Å². The second kappa shape index (κ2) is 6.48. The largest absolute Gasteiger partial charge is 0.405 e. The molecule has 0 atom stereocenters. The van der Waals surface area contributed by atoms with E-state index in [4.69, 9.17) is 17.3 Å². The van der Waals surface area contributed by atoms with Crippen molar-refractivity contribution in [1.29, 1.82) is 0 Å². The normalized spacial score (nSPS) is 12.0. The van der Waals surface area contributed by atoms with Crippen LogP contribution in [0.15, 0.2) is 18.2 Å². The zero-order valence-electron chi connectivity index (χ0n) is 11.0. The van der Waals surface area contributed by atoms with Gasteiger partial charge in [-0.3, -0.25) is 0 Å². The second-order valence-electron chi connectivity index (χ2n) is 4.61. The third-order valence-corrected chi connectivity index (χ3v) is 3.12. The fourth-order valence-corrected chi connectivity index (χ4v) is 2.21. The van der Waals surface area contributed by atoms with E-state index in [0.29, 0.717) is 29.2 Å². The van der Waals surface area contributed by atoms with Crippen LogP contribution in [0.25, 0.3) is 0 Å². The van der Waals surface area contributed by atoms with Crippen LogP contribution in [0.3, 0.4) is 0 Å². The number of anilines is 1. The molecular weight excluding hydrogens is 277 g/mol. The molecule has 0 aliphatic carbocycles. The number of alkyl halides is 3. The van der Waals surface area contributed by atoms with Crippen molar-refractivity contribution in [2.75, 3.05) is 18.0 Å². The molecular formula is C13H18ClF3N2. The second-order valence-corrected chi connectivity index (χ2v) is 5.02. The summed E-state index contributed by atoms with van der Waals surface area (Å²) >= 11 is 6.06. The molecule has 0 radical (unpaired) electrons. The molecule has 0 heterocycles. The molecule has 108 valence electrons. The Bertz CT molecular complexity index is 419. The molecule has 0 bridgehead atoms. The Morgan fingerprint density at radius 1 is 1.32 bits per heavy atom. The third kappa shape index (κ3) is 4.58. The number of hydrogen-bond donors (Lipinski definition) is 1. The molecule has 0 amide bonds. The predicted molar refractivity (Wildman–Crippen MR) is 72.7 cm³/mol. The highest BCUT2D eigenvalue weighted by Crippen LogP contribution is 2.31. The third-order valence-electron chi connectivity index (χ3n) is 2.77. The van der Waals surface area contributed by atoms with Gasteiger partial charge in [0.1, 0.15) is 6.54 Å². The summed E-state index contributed by atoms with van der Waals surface area (Å²) in [4.78, 5) is 1.30. The van der Waals surface area contributed by atoms with E-state index in [1.54, 1.807) is 32.0 Å². The fourth-order valence-electron chi connectivity index (χ4n) is 1.95. The van der Waals surface area contributed by atoms with Crippen molar-refractivity contribution in [3.8, 4) is 0 Å². The molecule has 1 rings (SSSR count). The van der Waals surface area contributed by atoms with E-state index in [1.165, 1.54) is 4.90 Å². The van der Waals surface area contributed by atoms with E-state index in [2.05, 4.69) is 0 Å². The first-order valence-electron chi connectivity index (χ1n) is 6.07. The lowest BCUT2D eigenvalue weighted by Crippen LogP contribution is -2.39. The Morgan fingerprint density at radius 2 is 1.95 bits per heavy atom. The van der Waals surface area contributed by atoms with Gasteiger partial charge in [0.25, 0.3) is 0 Å². The van der Waals surface area contributed by atoms with Gasteiger partial charge in [0, 0.05) is 16.8 Å². The van der Waals surface area contributed by atoms with Gasteiger partial charge < -0.3 is 10.6 Å². The number of nitrogens with two attached hydrogens (primary N) is 1. The summed E-state index contributed by atoms with van der Waals surface area (Å²) in [7, 11) is 0. The maximum atomic E-state index is 12.7. The zero-order valence-corrected chi connectivity index (χ0v) is 11.7. The lowest BCUT2D eigenvalue weighted by Gasteiger charge is -2.32. The Morgan fingerprint density at radius 3 is 2.42 bits per heavy atom. The average Bonchev–Trinajstić information content (AvgIpc) is 2.28. The van der Waals surface area contributed by atoms with Crippen molar-refractivity contribution >= 4 is 17.3 Å². The Balaban J connectivity index is 3.19.